The molecule has 2 amide bonds. The maximum absolute atomic E-state index is 12.1. The maximum Gasteiger partial charge on any atom is 0.324 e. The Labute approximate surface area is 152 Å². The number of aryl methyl sites for hydroxylation is 2. The predicted octanol–water partition coefficient (Wildman–Crippen LogP) is 1.68. The Morgan fingerprint density at radius 2 is 2.19 bits per heavy atom. The highest BCUT2D eigenvalue weighted by Crippen LogP contribution is 2.27. The minimum atomic E-state index is 0.0505. The molecule has 0 saturated carbocycles. The van der Waals surface area contributed by atoms with Crippen molar-refractivity contribution in [3.8, 4) is 0 Å². The largest absolute Gasteiger partial charge is 0.444 e. The minimum absolute atomic E-state index is 0.0505. The molecule has 5 rings (SSSR count). The van der Waals surface area contributed by atoms with E-state index < -0.39 is 0 Å². The molecule has 0 N–H and O–H groups in total. The molecule has 2 aromatic rings. The average Bonchev–Trinajstić information content (AvgIpc) is 3.39. The van der Waals surface area contributed by atoms with Gasteiger partial charge in [-0.05, 0) is 19.3 Å². The van der Waals surface area contributed by atoms with Crippen LogP contribution in [0, 0.1) is 0 Å². The van der Waals surface area contributed by atoms with Gasteiger partial charge in [0.15, 0.2) is 0 Å². The molecule has 3 aliphatic rings. The number of carbonyl (C=O) groups excluding carboxylic acids is 1. The minimum Gasteiger partial charge on any atom is -0.444 e. The molecule has 2 aliphatic heterocycles. The fourth-order valence-electron chi connectivity index (χ4n) is 4.23. The second-order valence-electron chi connectivity index (χ2n) is 7.54. The van der Waals surface area contributed by atoms with Crippen molar-refractivity contribution in [3.63, 3.8) is 0 Å². The molecule has 2 saturated heterocycles. The number of fused-ring (bicyclic) bond motifs is 1. The van der Waals surface area contributed by atoms with Crippen LogP contribution in [0.1, 0.15) is 36.2 Å². The smallest absolute Gasteiger partial charge is 0.324 e. The molecule has 8 heteroatoms. The van der Waals surface area contributed by atoms with E-state index in [2.05, 4.69) is 15.0 Å². The molecule has 138 valence electrons. The standard InChI is InChI=1S/C18H24N6O2/c1-21-7-8-23(18(21)25)14-9-19-24(11-14)13-5-6-22(10-13)12-17-20-15-3-2-4-16(15)26-17/h9,11,13H,2-8,10,12H2,1H3. The van der Waals surface area contributed by atoms with E-state index >= 15 is 0 Å². The van der Waals surface area contributed by atoms with Gasteiger partial charge in [-0.2, -0.15) is 5.10 Å². The van der Waals surface area contributed by atoms with E-state index in [4.69, 9.17) is 4.42 Å². The normalized spacial score (nSPS) is 23.4. The second-order valence-corrected chi connectivity index (χ2v) is 7.54. The molecule has 2 aromatic heterocycles. The van der Waals surface area contributed by atoms with Gasteiger partial charge in [-0.15, -0.1) is 0 Å². The Balaban J connectivity index is 1.23. The molecule has 8 nitrogen and oxygen atoms in total. The molecule has 0 aromatic carbocycles. The molecule has 0 radical (unpaired) electrons. The number of oxazole rings is 1. The Bertz CT molecular complexity index is 806. The van der Waals surface area contributed by atoms with Crippen LogP contribution in [-0.2, 0) is 19.4 Å². The van der Waals surface area contributed by atoms with Crippen molar-refractivity contribution in [1.82, 2.24) is 24.6 Å². The third-order valence-corrected chi connectivity index (χ3v) is 5.74. The Morgan fingerprint density at radius 1 is 1.27 bits per heavy atom. The lowest BCUT2D eigenvalue weighted by molar-refractivity contribution is 0.229. The van der Waals surface area contributed by atoms with Crippen molar-refractivity contribution in [2.75, 3.05) is 38.1 Å². The highest BCUT2D eigenvalue weighted by Gasteiger charge is 2.30. The van der Waals surface area contributed by atoms with Crippen LogP contribution in [0.4, 0.5) is 10.5 Å². The number of carbonyl (C=O) groups is 1. The third-order valence-electron chi connectivity index (χ3n) is 5.74. The zero-order valence-corrected chi connectivity index (χ0v) is 15.1. The van der Waals surface area contributed by atoms with E-state index in [1.165, 1.54) is 6.42 Å². The molecule has 2 fully saturated rings. The van der Waals surface area contributed by atoms with Crippen molar-refractivity contribution in [1.29, 1.82) is 0 Å². The number of nitrogens with zero attached hydrogens (tertiary/aromatic N) is 6. The number of hydrogen-bond donors (Lipinski definition) is 0. The van der Waals surface area contributed by atoms with Gasteiger partial charge in [0.25, 0.3) is 0 Å². The number of amides is 2. The van der Waals surface area contributed by atoms with Crippen LogP contribution in [0.5, 0.6) is 0 Å². The lowest BCUT2D eigenvalue weighted by Crippen LogP contribution is -2.28. The second kappa shape index (κ2) is 6.12. The number of aromatic nitrogens is 3. The average molecular weight is 356 g/mol. The maximum atomic E-state index is 12.1. The van der Waals surface area contributed by atoms with Gasteiger partial charge in [0.1, 0.15) is 5.76 Å². The Morgan fingerprint density at radius 3 is 3.00 bits per heavy atom. The van der Waals surface area contributed by atoms with Gasteiger partial charge in [-0.1, -0.05) is 0 Å². The van der Waals surface area contributed by atoms with Gasteiger partial charge in [0, 0.05) is 45.8 Å². The van der Waals surface area contributed by atoms with Crippen molar-refractivity contribution >= 4 is 11.7 Å². The highest BCUT2D eigenvalue weighted by atomic mass is 16.4. The van der Waals surface area contributed by atoms with E-state index in [-0.39, 0.29) is 6.03 Å². The van der Waals surface area contributed by atoms with Gasteiger partial charge < -0.3 is 9.32 Å². The summed E-state index contributed by atoms with van der Waals surface area (Å²) in [6, 6.07) is 0.385. The Kier molecular flexibility index (Phi) is 3.74. The first-order valence-corrected chi connectivity index (χ1v) is 9.44. The van der Waals surface area contributed by atoms with E-state index in [1.807, 2.05) is 17.9 Å². The number of urea groups is 1. The first-order valence-electron chi connectivity index (χ1n) is 9.44. The lowest BCUT2D eigenvalue weighted by atomic mass is 10.3. The summed E-state index contributed by atoms with van der Waals surface area (Å²) >= 11 is 0. The van der Waals surface area contributed by atoms with Crippen molar-refractivity contribution < 1.29 is 9.21 Å². The van der Waals surface area contributed by atoms with Crippen molar-refractivity contribution in [3.05, 3.63) is 29.7 Å². The molecule has 1 aliphatic carbocycles. The summed E-state index contributed by atoms with van der Waals surface area (Å²) in [6.45, 7) is 4.21. The van der Waals surface area contributed by atoms with Crippen LogP contribution >= 0.6 is 0 Å². The van der Waals surface area contributed by atoms with Crippen molar-refractivity contribution in [2.45, 2.75) is 38.3 Å². The summed E-state index contributed by atoms with van der Waals surface area (Å²) in [5.74, 6) is 1.94. The van der Waals surface area contributed by atoms with Gasteiger partial charge in [-0.25, -0.2) is 9.78 Å². The first-order chi connectivity index (χ1) is 12.7. The van der Waals surface area contributed by atoms with Gasteiger partial charge in [-0.3, -0.25) is 14.5 Å². The summed E-state index contributed by atoms with van der Waals surface area (Å²) in [6.07, 6.45) is 8.12. The van der Waals surface area contributed by atoms with Crippen LogP contribution in [0.15, 0.2) is 16.8 Å². The lowest BCUT2D eigenvalue weighted by Gasteiger charge is -2.15. The molecule has 26 heavy (non-hydrogen) atoms. The number of rotatable bonds is 4. The summed E-state index contributed by atoms with van der Waals surface area (Å²) in [4.78, 5) is 22.7. The van der Waals surface area contributed by atoms with Crippen LogP contribution < -0.4 is 4.90 Å². The topological polar surface area (TPSA) is 70.6 Å². The van der Waals surface area contributed by atoms with Gasteiger partial charge in [0.2, 0.25) is 5.89 Å². The van der Waals surface area contributed by atoms with E-state index in [0.717, 1.165) is 75.0 Å². The van der Waals surface area contributed by atoms with Crippen LogP contribution in [0.2, 0.25) is 0 Å². The zero-order chi connectivity index (χ0) is 17.7. The summed E-state index contributed by atoms with van der Waals surface area (Å²) < 4.78 is 7.91. The molecule has 0 spiro atoms. The Hall–Kier alpha value is -2.35. The fraction of sp³-hybridized carbons (Fsp3) is 0.611. The van der Waals surface area contributed by atoms with Crippen LogP contribution in [0.3, 0.4) is 0 Å². The third kappa shape index (κ3) is 2.68. The van der Waals surface area contributed by atoms with E-state index in [9.17, 15) is 4.79 Å². The van der Waals surface area contributed by atoms with E-state index in [1.54, 1.807) is 16.0 Å². The molecule has 1 atom stereocenters. The monoisotopic (exact) mass is 356 g/mol. The van der Waals surface area contributed by atoms with Gasteiger partial charge >= 0.3 is 6.03 Å². The summed E-state index contributed by atoms with van der Waals surface area (Å²) in [5.41, 5.74) is 2.05. The summed E-state index contributed by atoms with van der Waals surface area (Å²) in [5, 5.41) is 4.52. The zero-order valence-electron chi connectivity index (χ0n) is 15.1. The molecule has 1 unspecified atom stereocenters. The number of likely N-dealkylation sites (N-methyl/N-ethyl adjacent to an activating group) is 1. The highest BCUT2D eigenvalue weighted by molar-refractivity contribution is 5.93. The van der Waals surface area contributed by atoms with Crippen molar-refractivity contribution in [2.24, 2.45) is 0 Å². The number of likely N-dealkylation sites (tertiary alicyclic amines) is 1. The van der Waals surface area contributed by atoms with Crippen LogP contribution in [-0.4, -0.2) is 63.8 Å². The quantitative estimate of drug-likeness (QED) is 0.834. The number of hydrogen-bond acceptors (Lipinski definition) is 5. The molecule has 0 bridgehead atoms. The number of anilines is 1. The summed E-state index contributed by atoms with van der Waals surface area (Å²) in [7, 11) is 1.83. The molecule has 4 heterocycles. The predicted molar refractivity (Wildman–Crippen MR) is 95.1 cm³/mol. The van der Waals surface area contributed by atoms with Crippen LogP contribution in [0.25, 0.3) is 0 Å². The molecular weight excluding hydrogens is 332 g/mol. The fourth-order valence-corrected chi connectivity index (χ4v) is 4.23. The SMILES string of the molecule is CN1CCN(c2cnn(C3CCN(Cc4nc5c(o4)CCC5)C3)c2)C1=O. The molecular formula is C18H24N6O2. The first kappa shape index (κ1) is 15.9. The van der Waals surface area contributed by atoms with Gasteiger partial charge in [0.05, 0.1) is 30.2 Å². The van der Waals surface area contributed by atoms with E-state index in [0.29, 0.717) is 6.04 Å².